The highest BCUT2D eigenvalue weighted by Crippen LogP contribution is 2.36. The van der Waals surface area contributed by atoms with Crippen LogP contribution in [0.5, 0.6) is 5.88 Å². The number of hydrogen-bond donors (Lipinski definition) is 4. The zero-order valence-corrected chi connectivity index (χ0v) is 16.2. The van der Waals surface area contributed by atoms with Gasteiger partial charge in [-0.3, -0.25) is 0 Å². The van der Waals surface area contributed by atoms with Gasteiger partial charge in [-0.15, -0.1) is 5.10 Å². The fourth-order valence-electron chi connectivity index (χ4n) is 3.78. The van der Waals surface area contributed by atoms with E-state index in [1.807, 2.05) is 31.3 Å². The van der Waals surface area contributed by atoms with Crippen molar-refractivity contribution in [2.75, 3.05) is 24.8 Å². The van der Waals surface area contributed by atoms with E-state index < -0.39 is 0 Å². The molecule has 9 nitrogen and oxygen atoms in total. The predicted molar refractivity (Wildman–Crippen MR) is 109 cm³/mol. The first-order valence-corrected chi connectivity index (χ1v) is 9.12. The Morgan fingerprint density at radius 3 is 2.79 bits per heavy atom. The third kappa shape index (κ3) is 3.13. The van der Waals surface area contributed by atoms with Crippen LogP contribution in [0, 0.1) is 5.53 Å². The Morgan fingerprint density at radius 1 is 1.36 bits per heavy atom. The summed E-state index contributed by atoms with van der Waals surface area (Å²) in [5, 5.41) is 14.5. The molecule has 2 heterocycles. The van der Waals surface area contributed by atoms with Gasteiger partial charge in [0.25, 0.3) is 0 Å². The Kier molecular flexibility index (Phi) is 4.38. The molecule has 3 aromatic rings. The molecule has 0 amide bonds. The number of nitrogens with zero attached hydrogens (tertiary/aromatic N) is 4. The number of nitrogens with one attached hydrogen (secondary N) is 3. The van der Waals surface area contributed by atoms with Gasteiger partial charge in [0.05, 0.1) is 12.8 Å². The maximum atomic E-state index is 7.28. The van der Waals surface area contributed by atoms with Gasteiger partial charge in [0.15, 0.2) is 0 Å². The van der Waals surface area contributed by atoms with E-state index in [2.05, 4.69) is 25.8 Å². The van der Waals surface area contributed by atoms with Crippen molar-refractivity contribution in [2.45, 2.75) is 31.3 Å². The van der Waals surface area contributed by atoms with Gasteiger partial charge in [0.1, 0.15) is 11.2 Å². The molecule has 0 atom stereocenters. The molecule has 0 bridgehead atoms. The summed E-state index contributed by atoms with van der Waals surface area (Å²) in [6.07, 6.45) is 3.65. The van der Waals surface area contributed by atoms with Crippen molar-refractivity contribution in [1.29, 1.82) is 5.53 Å². The smallest absolute Gasteiger partial charge is 0.244 e. The number of hydrogen-bond acceptors (Lipinski definition) is 8. The second kappa shape index (κ2) is 6.75. The fourth-order valence-corrected chi connectivity index (χ4v) is 3.78. The number of anilines is 2. The third-order valence-corrected chi connectivity index (χ3v) is 5.13. The summed E-state index contributed by atoms with van der Waals surface area (Å²) < 4.78 is 7.33. The van der Waals surface area contributed by atoms with E-state index in [0.717, 1.165) is 35.2 Å². The molecule has 28 heavy (non-hydrogen) atoms. The number of nitrogens with two attached hydrogens (primary N) is 1. The van der Waals surface area contributed by atoms with E-state index in [4.69, 9.17) is 16.0 Å². The van der Waals surface area contributed by atoms with Gasteiger partial charge in [-0.1, -0.05) is 6.07 Å². The molecule has 1 aromatic carbocycles. The molecule has 1 aliphatic rings. The van der Waals surface area contributed by atoms with E-state index in [-0.39, 0.29) is 11.6 Å². The molecule has 0 unspecified atom stereocenters. The Balaban J connectivity index is 1.72. The SMILES string of the molecule is CNc1cc(-c2ccn3nc(NC4CC(C)(N)C4)nc(OC)c23)ccc1N=N. The van der Waals surface area contributed by atoms with Crippen molar-refractivity contribution in [1.82, 2.24) is 14.6 Å². The molecule has 9 heteroatoms. The van der Waals surface area contributed by atoms with Crippen molar-refractivity contribution in [3.05, 3.63) is 30.5 Å². The van der Waals surface area contributed by atoms with Gasteiger partial charge in [-0.05, 0) is 43.5 Å². The Bertz CT molecular complexity index is 1030. The number of methoxy groups -OCH3 is 1. The summed E-state index contributed by atoms with van der Waals surface area (Å²) in [4.78, 5) is 4.55. The average molecular weight is 380 g/mol. The van der Waals surface area contributed by atoms with E-state index >= 15 is 0 Å². The quantitative estimate of drug-likeness (QED) is 0.486. The zero-order valence-electron chi connectivity index (χ0n) is 16.2. The predicted octanol–water partition coefficient (Wildman–Crippen LogP) is 3.40. The van der Waals surface area contributed by atoms with Crippen molar-refractivity contribution in [2.24, 2.45) is 10.8 Å². The Morgan fingerprint density at radius 2 is 2.14 bits per heavy atom. The molecule has 4 rings (SSSR count). The second-order valence-electron chi connectivity index (χ2n) is 7.46. The fraction of sp³-hybridized carbons (Fsp3) is 0.368. The molecule has 1 fully saturated rings. The minimum Gasteiger partial charge on any atom is -0.479 e. The Labute approximate surface area is 162 Å². The highest BCUT2D eigenvalue weighted by atomic mass is 16.5. The molecule has 0 spiro atoms. The highest BCUT2D eigenvalue weighted by Gasteiger charge is 2.37. The number of ether oxygens (including phenoxy) is 1. The van der Waals surface area contributed by atoms with Gasteiger partial charge in [0, 0.05) is 30.4 Å². The molecule has 0 saturated heterocycles. The largest absolute Gasteiger partial charge is 0.479 e. The lowest BCUT2D eigenvalue weighted by Gasteiger charge is -2.42. The molecule has 1 aliphatic carbocycles. The summed E-state index contributed by atoms with van der Waals surface area (Å²) >= 11 is 0. The lowest BCUT2D eigenvalue weighted by atomic mass is 9.75. The first-order valence-electron chi connectivity index (χ1n) is 9.12. The van der Waals surface area contributed by atoms with Gasteiger partial charge in [-0.2, -0.15) is 10.1 Å². The van der Waals surface area contributed by atoms with Crippen LogP contribution in [-0.2, 0) is 0 Å². The normalized spacial score (nSPS) is 21.2. The van der Waals surface area contributed by atoms with E-state index in [0.29, 0.717) is 17.5 Å². The lowest BCUT2D eigenvalue weighted by Crippen LogP contribution is -2.54. The van der Waals surface area contributed by atoms with Gasteiger partial charge < -0.3 is 21.1 Å². The number of benzene rings is 1. The molecular formula is C19H24N8O. The molecule has 0 aliphatic heterocycles. The third-order valence-electron chi connectivity index (χ3n) is 5.13. The summed E-state index contributed by atoms with van der Waals surface area (Å²) in [7, 11) is 3.41. The number of aromatic nitrogens is 3. The summed E-state index contributed by atoms with van der Waals surface area (Å²) in [6.45, 7) is 2.05. The standard InChI is InChI=1S/C19H24N8O/c1-19(20)9-12(10-19)23-18-24-17(28-3)16-13(6-7-27(16)26-18)11-4-5-14(25-21)15(8-11)22-2/h4-8,12,21-22H,9-10,20H2,1-3H3,(H,23,26). The summed E-state index contributed by atoms with van der Waals surface area (Å²) in [6, 6.07) is 7.92. The van der Waals surface area contributed by atoms with Crippen LogP contribution in [0.2, 0.25) is 0 Å². The molecule has 146 valence electrons. The topological polar surface area (TPSA) is 126 Å². The van der Waals surface area contributed by atoms with Crippen LogP contribution < -0.4 is 21.1 Å². The minimum atomic E-state index is -0.116. The van der Waals surface area contributed by atoms with E-state index in [1.54, 1.807) is 24.7 Å². The Hall–Kier alpha value is -3.20. The second-order valence-corrected chi connectivity index (χ2v) is 7.46. The van der Waals surface area contributed by atoms with Gasteiger partial charge >= 0.3 is 0 Å². The van der Waals surface area contributed by atoms with Crippen molar-refractivity contribution in [3.63, 3.8) is 0 Å². The average Bonchev–Trinajstić information content (AvgIpc) is 3.09. The highest BCUT2D eigenvalue weighted by molar-refractivity contribution is 5.87. The van der Waals surface area contributed by atoms with E-state index in [9.17, 15) is 0 Å². The molecular weight excluding hydrogens is 356 g/mol. The maximum Gasteiger partial charge on any atom is 0.244 e. The lowest BCUT2D eigenvalue weighted by molar-refractivity contribution is 0.247. The van der Waals surface area contributed by atoms with E-state index in [1.165, 1.54) is 0 Å². The van der Waals surface area contributed by atoms with Crippen LogP contribution in [0.4, 0.5) is 17.3 Å². The molecule has 0 radical (unpaired) electrons. The van der Waals surface area contributed by atoms with Crippen LogP contribution >= 0.6 is 0 Å². The van der Waals surface area contributed by atoms with Gasteiger partial charge in [-0.25, -0.2) is 10.0 Å². The first kappa shape index (κ1) is 18.2. The van der Waals surface area contributed by atoms with Crippen LogP contribution in [0.3, 0.4) is 0 Å². The van der Waals surface area contributed by atoms with Crippen LogP contribution in [0.1, 0.15) is 19.8 Å². The maximum absolute atomic E-state index is 7.28. The summed E-state index contributed by atoms with van der Waals surface area (Å²) in [5.74, 6) is 1.01. The minimum absolute atomic E-state index is 0.116. The molecule has 5 N–H and O–H groups in total. The van der Waals surface area contributed by atoms with Crippen molar-refractivity contribution < 1.29 is 4.74 Å². The monoisotopic (exact) mass is 380 g/mol. The number of rotatable bonds is 6. The molecule has 2 aromatic heterocycles. The molecule has 1 saturated carbocycles. The van der Waals surface area contributed by atoms with Crippen molar-refractivity contribution in [3.8, 4) is 17.0 Å². The van der Waals surface area contributed by atoms with Crippen LogP contribution in [0.25, 0.3) is 16.6 Å². The summed E-state index contributed by atoms with van der Waals surface area (Å²) in [5.41, 5.74) is 17.3. The zero-order chi connectivity index (χ0) is 19.9. The van der Waals surface area contributed by atoms with Crippen LogP contribution in [0.15, 0.2) is 35.6 Å². The number of fused-ring (bicyclic) bond motifs is 1. The van der Waals surface area contributed by atoms with Crippen molar-refractivity contribution >= 4 is 22.8 Å². The van der Waals surface area contributed by atoms with Crippen LogP contribution in [-0.4, -0.2) is 40.3 Å². The van der Waals surface area contributed by atoms with Gasteiger partial charge in [0.2, 0.25) is 11.8 Å². The first-order chi connectivity index (χ1) is 13.4.